The Hall–Kier alpha value is -1.31. The van der Waals surface area contributed by atoms with Crippen LogP contribution in [0.3, 0.4) is 0 Å². The van der Waals surface area contributed by atoms with Gasteiger partial charge in [-0.15, -0.1) is 0 Å². The van der Waals surface area contributed by atoms with E-state index < -0.39 is 0 Å². The Kier molecular flexibility index (Phi) is 1.60. The van der Waals surface area contributed by atoms with E-state index in [9.17, 15) is 0 Å². The average molecular weight is 147 g/mol. The van der Waals surface area contributed by atoms with Gasteiger partial charge in [-0.3, -0.25) is 0 Å². The van der Waals surface area contributed by atoms with Gasteiger partial charge in [-0.2, -0.15) is 0 Å². The predicted molar refractivity (Wildman–Crippen MR) is 43.6 cm³/mol. The van der Waals surface area contributed by atoms with Crippen molar-refractivity contribution in [3.05, 3.63) is 35.9 Å². The van der Waals surface area contributed by atoms with Crippen LogP contribution in [-0.2, 0) is 4.84 Å². The molecule has 0 spiro atoms. The van der Waals surface area contributed by atoms with E-state index in [1.54, 1.807) is 0 Å². The molecular formula is C9H9NO. The van der Waals surface area contributed by atoms with Crippen molar-refractivity contribution < 1.29 is 4.84 Å². The fourth-order valence-corrected chi connectivity index (χ4v) is 1.17. The van der Waals surface area contributed by atoms with Crippen molar-refractivity contribution in [3.63, 3.8) is 0 Å². The van der Waals surface area contributed by atoms with Gasteiger partial charge in [-0.25, -0.2) is 0 Å². The van der Waals surface area contributed by atoms with Gasteiger partial charge in [0.2, 0.25) is 0 Å². The van der Waals surface area contributed by atoms with Crippen LogP contribution < -0.4 is 0 Å². The average Bonchev–Trinajstić information content (AvgIpc) is 2.58. The number of oxime groups is 1. The van der Waals surface area contributed by atoms with E-state index in [4.69, 9.17) is 4.84 Å². The number of rotatable bonds is 1. The molecule has 1 heterocycles. The first kappa shape index (κ1) is 6.40. The Morgan fingerprint density at radius 1 is 1.27 bits per heavy atom. The summed E-state index contributed by atoms with van der Waals surface area (Å²) in [6.45, 7) is 0.685. The van der Waals surface area contributed by atoms with Gasteiger partial charge in [-0.1, -0.05) is 35.5 Å². The second-order valence-electron chi connectivity index (χ2n) is 2.57. The Morgan fingerprint density at radius 2 is 2.09 bits per heavy atom. The lowest BCUT2D eigenvalue weighted by Crippen LogP contribution is -1.99. The summed E-state index contributed by atoms with van der Waals surface area (Å²) >= 11 is 0. The Bertz CT molecular complexity index is 256. The summed E-state index contributed by atoms with van der Waals surface area (Å²) in [5, 5.41) is 3.72. The van der Waals surface area contributed by atoms with E-state index in [0.717, 1.165) is 0 Å². The summed E-state index contributed by atoms with van der Waals surface area (Å²) in [5.41, 5.74) is 1.27. The van der Waals surface area contributed by atoms with Gasteiger partial charge in [0.1, 0.15) is 6.61 Å². The van der Waals surface area contributed by atoms with E-state index >= 15 is 0 Å². The first-order chi connectivity index (χ1) is 5.47. The van der Waals surface area contributed by atoms with Crippen molar-refractivity contribution in [3.8, 4) is 0 Å². The lowest BCUT2D eigenvalue weighted by atomic mass is 10.0. The van der Waals surface area contributed by atoms with Crippen molar-refractivity contribution in [2.45, 2.75) is 5.92 Å². The van der Waals surface area contributed by atoms with Crippen LogP contribution in [0.25, 0.3) is 0 Å². The summed E-state index contributed by atoms with van der Waals surface area (Å²) in [4.78, 5) is 4.88. The molecule has 1 atom stereocenters. The lowest BCUT2D eigenvalue weighted by Gasteiger charge is -2.02. The molecule has 0 saturated heterocycles. The maximum absolute atomic E-state index is 4.88. The third-order valence-electron chi connectivity index (χ3n) is 1.80. The first-order valence-electron chi connectivity index (χ1n) is 3.67. The zero-order valence-corrected chi connectivity index (χ0v) is 6.10. The number of hydrogen-bond donors (Lipinski definition) is 0. The fourth-order valence-electron chi connectivity index (χ4n) is 1.17. The molecule has 11 heavy (non-hydrogen) atoms. The molecule has 1 aliphatic heterocycles. The van der Waals surface area contributed by atoms with Crippen LogP contribution in [0.1, 0.15) is 11.5 Å². The van der Waals surface area contributed by atoms with Gasteiger partial charge < -0.3 is 4.84 Å². The van der Waals surface area contributed by atoms with Gasteiger partial charge in [-0.05, 0) is 5.56 Å². The predicted octanol–water partition coefficient (Wildman–Crippen LogP) is 1.79. The van der Waals surface area contributed by atoms with E-state index in [-0.39, 0.29) is 0 Å². The largest absolute Gasteiger partial charge is 0.395 e. The van der Waals surface area contributed by atoms with E-state index in [2.05, 4.69) is 17.3 Å². The molecule has 56 valence electrons. The molecule has 1 aromatic carbocycles. The number of hydrogen-bond acceptors (Lipinski definition) is 2. The highest BCUT2D eigenvalue weighted by Crippen LogP contribution is 2.17. The molecule has 2 nitrogen and oxygen atoms in total. The second-order valence-corrected chi connectivity index (χ2v) is 2.57. The maximum atomic E-state index is 4.88. The van der Waals surface area contributed by atoms with Crippen LogP contribution in [0.15, 0.2) is 35.5 Å². The molecule has 2 heteroatoms. The van der Waals surface area contributed by atoms with Crippen molar-refractivity contribution in [1.29, 1.82) is 0 Å². The van der Waals surface area contributed by atoms with Crippen LogP contribution in [0.4, 0.5) is 0 Å². The number of nitrogens with zero attached hydrogens (tertiary/aromatic N) is 1. The molecule has 0 aliphatic carbocycles. The molecule has 1 aromatic rings. The molecular weight excluding hydrogens is 138 g/mol. The molecule has 0 saturated carbocycles. The van der Waals surface area contributed by atoms with Crippen LogP contribution in [0.5, 0.6) is 0 Å². The van der Waals surface area contributed by atoms with Gasteiger partial charge >= 0.3 is 0 Å². The van der Waals surface area contributed by atoms with Crippen LogP contribution in [0, 0.1) is 0 Å². The summed E-state index contributed by atoms with van der Waals surface area (Å²) in [6, 6.07) is 10.2. The summed E-state index contributed by atoms with van der Waals surface area (Å²) in [5.74, 6) is 0.358. The molecule has 0 fully saturated rings. The monoisotopic (exact) mass is 147 g/mol. The van der Waals surface area contributed by atoms with E-state index in [0.29, 0.717) is 12.5 Å². The quantitative estimate of drug-likeness (QED) is 0.593. The van der Waals surface area contributed by atoms with Crippen LogP contribution in [0.2, 0.25) is 0 Å². The van der Waals surface area contributed by atoms with E-state index in [1.165, 1.54) is 5.56 Å². The zero-order valence-electron chi connectivity index (χ0n) is 6.10. The molecule has 0 bridgehead atoms. The molecule has 0 aromatic heterocycles. The fraction of sp³-hybridized carbons (Fsp3) is 0.222. The molecule has 0 radical (unpaired) electrons. The standard InChI is InChI=1S/C9H9NO/c1-2-4-8(5-3-1)9-6-10-11-7-9/h1-6,9H,7H2. The minimum absolute atomic E-state index is 0.358. The summed E-state index contributed by atoms with van der Waals surface area (Å²) in [6.07, 6.45) is 1.84. The van der Waals surface area contributed by atoms with Crippen molar-refractivity contribution in [2.24, 2.45) is 5.16 Å². The van der Waals surface area contributed by atoms with Gasteiger partial charge in [0.05, 0.1) is 12.1 Å². The smallest absolute Gasteiger partial charge is 0.129 e. The summed E-state index contributed by atoms with van der Waals surface area (Å²) in [7, 11) is 0. The van der Waals surface area contributed by atoms with Crippen LogP contribution in [-0.4, -0.2) is 12.8 Å². The normalized spacial score (nSPS) is 21.6. The first-order valence-corrected chi connectivity index (χ1v) is 3.67. The topological polar surface area (TPSA) is 21.6 Å². The molecule has 0 amide bonds. The zero-order chi connectivity index (χ0) is 7.52. The van der Waals surface area contributed by atoms with E-state index in [1.807, 2.05) is 24.4 Å². The molecule has 1 aliphatic rings. The third-order valence-corrected chi connectivity index (χ3v) is 1.80. The van der Waals surface area contributed by atoms with Gasteiger partial charge in [0.15, 0.2) is 0 Å². The maximum Gasteiger partial charge on any atom is 0.129 e. The van der Waals surface area contributed by atoms with Crippen molar-refractivity contribution in [2.75, 3.05) is 6.61 Å². The third kappa shape index (κ3) is 1.24. The highest BCUT2D eigenvalue weighted by molar-refractivity contribution is 5.68. The highest BCUT2D eigenvalue weighted by atomic mass is 16.6. The Labute approximate surface area is 65.5 Å². The lowest BCUT2D eigenvalue weighted by molar-refractivity contribution is 0.166. The van der Waals surface area contributed by atoms with Gasteiger partial charge in [0, 0.05) is 0 Å². The molecule has 0 N–H and O–H groups in total. The number of benzene rings is 1. The van der Waals surface area contributed by atoms with Crippen molar-refractivity contribution >= 4 is 6.21 Å². The van der Waals surface area contributed by atoms with Crippen molar-refractivity contribution in [1.82, 2.24) is 0 Å². The highest BCUT2D eigenvalue weighted by Gasteiger charge is 2.13. The second kappa shape index (κ2) is 2.74. The molecule has 1 unspecified atom stereocenters. The minimum atomic E-state index is 0.358. The Morgan fingerprint density at radius 3 is 2.73 bits per heavy atom. The SMILES string of the molecule is C1=NOCC1c1ccccc1. The summed E-state index contributed by atoms with van der Waals surface area (Å²) < 4.78 is 0. The van der Waals surface area contributed by atoms with Gasteiger partial charge in [0.25, 0.3) is 0 Å². The Balaban J connectivity index is 2.23. The molecule has 2 rings (SSSR count). The minimum Gasteiger partial charge on any atom is -0.395 e. The van der Waals surface area contributed by atoms with Crippen LogP contribution >= 0.6 is 0 Å².